The average molecular weight is 504 g/mol. The lowest BCUT2D eigenvalue weighted by Crippen LogP contribution is -2.33. The molecule has 3 aromatic carbocycles. The first kappa shape index (κ1) is 26.4. The topological polar surface area (TPSA) is 59.0 Å². The predicted octanol–water partition coefficient (Wildman–Crippen LogP) is 6.96. The number of carboxylic acids is 1. The molecule has 2 heterocycles. The van der Waals surface area contributed by atoms with Gasteiger partial charge in [-0.05, 0) is 74.6 Å². The number of carbonyl (C=O) groups is 1. The van der Waals surface area contributed by atoms with Gasteiger partial charge >= 0.3 is 5.97 Å². The molecule has 6 heteroatoms. The first-order valence-electron chi connectivity index (χ1n) is 12.9. The standard InChI is InChI=1S/C27H26FNO3.C4H8O/c1-3-32-26-11-7-5-9-23(26)19-12-13-25-21(15-19)16-22(27(30)31)14-18(2)29(25)17-20-8-4-6-10-24(20)28;1-2-4-5-3-1/h4-13,15-16,18H,3,14,17H2,1-2H3,(H,30,31);1-4H2. The van der Waals surface area contributed by atoms with Gasteiger partial charge in [0.25, 0.3) is 0 Å². The van der Waals surface area contributed by atoms with E-state index in [2.05, 4.69) is 4.90 Å². The number of aliphatic carboxylic acids is 1. The van der Waals surface area contributed by atoms with E-state index < -0.39 is 5.97 Å². The van der Waals surface area contributed by atoms with Crippen molar-refractivity contribution in [3.05, 3.63) is 89.2 Å². The van der Waals surface area contributed by atoms with Crippen LogP contribution in [-0.2, 0) is 16.1 Å². The van der Waals surface area contributed by atoms with Gasteiger partial charge in [-0.15, -0.1) is 0 Å². The normalized spacial score (nSPS) is 16.7. The van der Waals surface area contributed by atoms with Gasteiger partial charge in [-0.2, -0.15) is 0 Å². The maximum absolute atomic E-state index is 14.4. The third-order valence-corrected chi connectivity index (χ3v) is 6.61. The van der Waals surface area contributed by atoms with Gasteiger partial charge in [0.05, 0.1) is 6.61 Å². The molecule has 0 aliphatic carbocycles. The molecule has 0 aromatic heterocycles. The maximum Gasteiger partial charge on any atom is 0.331 e. The van der Waals surface area contributed by atoms with Crippen molar-refractivity contribution in [2.45, 2.75) is 45.7 Å². The van der Waals surface area contributed by atoms with Crippen molar-refractivity contribution < 1.29 is 23.8 Å². The molecule has 0 amide bonds. The molecule has 37 heavy (non-hydrogen) atoms. The summed E-state index contributed by atoms with van der Waals surface area (Å²) >= 11 is 0. The van der Waals surface area contributed by atoms with Crippen molar-refractivity contribution in [1.29, 1.82) is 0 Å². The molecule has 1 saturated heterocycles. The largest absolute Gasteiger partial charge is 0.493 e. The molecule has 2 aliphatic heterocycles. The highest BCUT2D eigenvalue weighted by atomic mass is 19.1. The number of hydrogen-bond donors (Lipinski definition) is 1. The maximum atomic E-state index is 14.4. The summed E-state index contributed by atoms with van der Waals surface area (Å²) in [5.74, 6) is -0.419. The molecule has 194 valence electrons. The number of anilines is 1. The SMILES string of the molecule is C1CCOC1.CCOc1ccccc1-c1ccc2c(c1)C=C(C(=O)O)CC(C)N2Cc1ccccc1F. The minimum atomic E-state index is -0.935. The molecule has 1 fully saturated rings. The Bertz CT molecular complexity index is 1240. The Kier molecular flexibility index (Phi) is 8.96. The Labute approximate surface area is 218 Å². The van der Waals surface area contributed by atoms with Crippen molar-refractivity contribution in [3.63, 3.8) is 0 Å². The van der Waals surface area contributed by atoms with E-state index >= 15 is 0 Å². The van der Waals surface area contributed by atoms with E-state index in [4.69, 9.17) is 9.47 Å². The quantitative estimate of drug-likeness (QED) is 0.394. The predicted molar refractivity (Wildman–Crippen MR) is 145 cm³/mol. The highest BCUT2D eigenvalue weighted by Gasteiger charge is 2.26. The van der Waals surface area contributed by atoms with Gasteiger partial charge in [-0.25, -0.2) is 9.18 Å². The Balaban J connectivity index is 0.000000572. The summed E-state index contributed by atoms with van der Waals surface area (Å²) in [6.45, 7) is 6.83. The minimum Gasteiger partial charge on any atom is -0.493 e. The highest BCUT2D eigenvalue weighted by molar-refractivity contribution is 5.95. The Morgan fingerprint density at radius 1 is 1.08 bits per heavy atom. The van der Waals surface area contributed by atoms with Gasteiger partial charge < -0.3 is 19.5 Å². The molecule has 1 N–H and O–H groups in total. The van der Waals surface area contributed by atoms with Gasteiger partial charge in [0.15, 0.2) is 0 Å². The summed E-state index contributed by atoms with van der Waals surface area (Å²) in [6.07, 6.45) is 4.66. The Morgan fingerprint density at radius 3 is 2.49 bits per heavy atom. The Hall–Kier alpha value is -3.64. The van der Waals surface area contributed by atoms with E-state index in [1.807, 2.05) is 62.4 Å². The van der Waals surface area contributed by atoms with Crippen LogP contribution in [0.25, 0.3) is 17.2 Å². The van der Waals surface area contributed by atoms with Gasteiger partial charge in [0, 0.05) is 48.2 Å². The fourth-order valence-corrected chi connectivity index (χ4v) is 4.71. The van der Waals surface area contributed by atoms with Crippen LogP contribution >= 0.6 is 0 Å². The molecular formula is C31H34FNO4. The van der Waals surface area contributed by atoms with Crippen LogP contribution in [0.1, 0.15) is 44.2 Å². The van der Waals surface area contributed by atoms with Crippen LogP contribution in [0.3, 0.4) is 0 Å². The Morgan fingerprint density at radius 2 is 1.81 bits per heavy atom. The molecule has 2 aliphatic rings. The van der Waals surface area contributed by atoms with E-state index in [-0.39, 0.29) is 11.9 Å². The van der Waals surface area contributed by atoms with Crippen molar-refractivity contribution in [3.8, 4) is 16.9 Å². The number of ether oxygens (including phenoxy) is 2. The fourth-order valence-electron chi connectivity index (χ4n) is 4.71. The molecule has 5 rings (SSSR count). The van der Waals surface area contributed by atoms with Gasteiger partial charge in [0.2, 0.25) is 0 Å². The van der Waals surface area contributed by atoms with Gasteiger partial charge in [0.1, 0.15) is 11.6 Å². The number of nitrogens with zero attached hydrogens (tertiary/aromatic N) is 1. The number of para-hydroxylation sites is 1. The van der Waals surface area contributed by atoms with Crippen LogP contribution in [0, 0.1) is 5.82 Å². The van der Waals surface area contributed by atoms with Crippen LogP contribution in [0.15, 0.2) is 72.3 Å². The van der Waals surface area contributed by atoms with Crippen LogP contribution < -0.4 is 9.64 Å². The van der Waals surface area contributed by atoms with E-state index in [9.17, 15) is 14.3 Å². The van der Waals surface area contributed by atoms with Gasteiger partial charge in [-0.1, -0.05) is 42.5 Å². The second-order valence-corrected chi connectivity index (χ2v) is 9.27. The van der Waals surface area contributed by atoms with Crippen molar-refractivity contribution in [2.24, 2.45) is 0 Å². The first-order chi connectivity index (χ1) is 18.0. The zero-order valence-corrected chi connectivity index (χ0v) is 21.5. The van der Waals surface area contributed by atoms with Crippen LogP contribution in [0.2, 0.25) is 0 Å². The zero-order chi connectivity index (χ0) is 26.2. The number of carboxylic acid groups (broad SMARTS) is 1. The number of benzene rings is 3. The van der Waals surface area contributed by atoms with Crippen LogP contribution in [-0.4, -0.2) is 36.9 Å². The number of hydrogen-bond acceptors (Lipinski definition) is 4. The summed E-state index contributed by atoms with van der Waals surface area (Å²) < 4.78 is 25.1. The second kappa shape index (κ2) is 12.5. The monoisotopic (exact) mass is 503 g/mol. The smallest absolute Gasteiger partial charge is 0.331 e. The van der Waals surface area contributed by atoms with Crippen LogP contribution in [0.5, 0.6) is 5.75 Å². The average Bonchev–Trinajstić information content (AvgIpc) is 3.45. The third-order valence-electron chi connectivity index (χ3n) is 6.61. The summed E-state index contributed by atoms with van der Waals surface area (Å²) in [5, 5.41) is 9.76. The second-order valence-electron chi connectivity index (χ2n) is 9.27. The van der Waals surface area contributed by atoms with Crippen LogP contribution in [0.4, 0.5) is 10.1 Å². The van der Waals surface area contributed by atoms with Crippen molar-refractivity contribution in [2.75, 3.05) is 24.7 Å². The number of halogens is 1. The molecule has 3 aromatic rings. The number of rotatable bonds is 6. The number of fused-ring (bicyclic) bond motifs is 1. The van der Waals surface area contributed by atoms with Crippen molar-refractivity contribution in [1.82, 2.24) is 0 Å². The molecule has 5 nitrogen and oxygen atoms in total. The van der Waals surface area contributed by atoms with E-state index in [0.29, 0.717) is 30.7 Å². The molecule has 1 unspecified atom stereocenters. The van der Waals surface area contributed by atoms with E-state index in [1.54, 1.807) is 18.2 Å². The van der Waals surface area contributed by atoms with Gasteiger partial charge in [-0.3, -0.25) is 0 Å². The lowest BCUT2D eigenvalue weighted by molar-refractivity contribution is -0.132. The molecule has 0 radical (unpaired) electrons. The molecule has 0 saturated carbocycles. The molecule has 1 atom stereocenters. The summed E-state index contributed by atoms with van der Waals surface area (Å²) in [7, 11) is 0. The van der Waals surface area contributed by atoms with E-state index in [0.717, 1.165) is 41.3 Å². The zero-order valence-electron chi connectivity index (χ0n) is 21.5. The van der Waals surface area contributed by atoms with E-state index in [1.165, 1.54) is 18.9 Å². The molecular weight excluding hydrogens is 469 g/mol. The first-order valence-corrected chi connectivity index (χ1v) is 12.9. The lowest BCUT2D eigenvalue weighted by Gasteiger charge is -2.31. The molecule has 0 bridgehead atoms. The lowest BCUT2D eigenvalue weighted by atomic mass is 9.99. The summed E-state index contributed by atoms with van der Waals surface area (Å²) in [4.78, 5) is 14.0. The fraction of sp³-hybridized carbons (Fsp3) is 0.323. The highest BCUT2D eigenvalue weighted by Crippen LogP contribution is 2.38. The molecule has 0 spiro atoms. The van der Waals surface area contributed by atoms with Crippen molar-refractivity contribution >= 4 is 17.7 Å². The summed E-state index contributed by atoms with van der Waals surface area (Å²) in [6, 6.07) is 20.4. The third kappa shape index (κ3) is 6.57. The summed E-state index contributed by atoms with van der Waals surface area (Å²) in [5.41, 5.74) is 4.48. The minimum absolute atomic E-state index is 0.111.